The van der Waals surface area contributed by atoms with Crippen LogP contribution in [0, 0.1) is 11.3 Å². The zero-order valence-corrected chi connectivity index (χ0v) is 13.3. The van der Waals surface area contributed by atoms with Gasteiger partial charge < -0.3 is 15.2 Å². The Morgan fingerprint density at radius 1 is 1.43 bits per heavy atom. The second kappa shape index (κ2) is 5.98. The van der Waals surface area contributed by atoms with Gasteiger partial charge >= 0.3 is 0 Å². The smallest absolute Gasteiger partial charge is 0.205 e. The molecule has 0 spiro atoms. The molecule has 1 aromatic carbocycles. The second-order valence-corrected chi connectivity index (χ2v) is 5.84. The fourth-order valence-electron chi connectivity index (χ4n) is 3.05. The minimum atomic E-state index is -0.542. The number of nitriles is 1. The summed E-state index contributed by atoms with van der Waals surface area (Å²) in [5.74, 6) is 0.595. The Balaban J connectivity index is 2.17. The summed E-state index contributed by atoms with van der Waals surface area (Å²) in [4.78, 5) is 12.4. The topological polar surface area (TPSA) is 85.3 Å². The normalized spacial score (nSPS) is 20.7. The molecule has 118 valence electrons. The van der Waals surface area contributed by atoms with E-state index >= 15 is 0 Å². The number of hydrogen-bond acceptors (Lipinski definition) is 5. The molecule has 0 fully saturated rings. The molecule has 1 aliphatic carbocycles. The van der Waals surface area contributed by atoms with Gasteiger partial charge in [-0.1, -0.05) is 17.7 Å². The Morgan fingerprint density at radius 3 is 2.87 bits per heavy atom. The standard InChI is InChI=1S/C17H15ClN2O3/c1-22-13-6-5-9(7-11(13)18)15-10(8-19)17(20)23-14-4-2-3-12(21)16(14)15/h5-7,15H,2-4,20H2,1H3/t15-/m1/s1. The average molecular weight is 331 g/mol. The van der Waals surface area contributed by atoms with Crippen molar-refractivity contribution in [2.45, 2.75) is 25.2 Å². The zero-order chi connectivity index (χ0) is 16.6. The molecule has 0 saturated carbocycles. The number of hydrogen-bond donors (Lipinski definition) is 1. The van der Waals surface area contributed by atoms with Crippen molar-refractivity contribution in [2.75, 3.05) is 7.11 Å². The highest BCUT2D eigenvalue weighted by Gasteiger charge is 2.38. The molecule has 0 unspecified atom stereocenters. The third-order valence-corrected chi connectivity index (χ3v) is 4.41. The van der Waals surface area contributed by atoms with Crippen molar-refractivity contribution in [1.82, 2.24) is 0 Å². The lowest BCUT2D eigenvalue weighted by Crippen LogP contribution is -2.27. The summed E-state index contributed by atoms with van der Waals surface area (Å²) < 4.78 is 10.7. The van der Waals surface area contributed by atoms with E-state index < -0.39 is 5.92 Å². The molecule has 0 saturated heterocycles. The van der Waals surface area contributed by atoms with Gasteiger partial charge in [0.15, 0.2) is 5.78 Å². The van der Waals surface area contributed by atoms with E-state index in [0.29, 0.717) is 34.9 Å². The van der Waals surface area contributed by atoms with Gasteiger partial charge in [-0.15, -0.1) is 0 Å². The van der Waals surface area contributed by atoms with Crippen molar-refractivity contribution in [3.05, 3.63) is 51.6 Å². The van der Waals surface area contributed by atoms with Crippen molar-refractivity contribution in [2.24, 2.45) is 5.73 Å². The molecular formula is C17H15ClN2O3. The van der Waals surface area contributed by atoms with Gasteiger partial charge in [0.25, 0.3) is 0 Å². The monoisotopic (exact) mass is 330 g/mol. The van der Waals surface area contributed by atoms with Crippen LogP contribution in [0.4, 0.5) is 0 Å². The van der Waals surface area contributed by atoms with E-state index in [1.54, 1.807) is 18.2 Å². The number of Topliss-reactive ketones (excluding diaryl/α,β-unsaturated/α-hetero) is 1. The SMILES string of the molecule is COc1ccc([C@@H]2C(C#N)=C(N)OC3=C2C(=O)CCC3)cc1Cl. The Kier molecular flexibility index (Phi) is 4.01. The Labute approximate surface area is 138 Å². The summed E-state index contributed by atoms with van der Waals surface area (Å²) in [6, 6.07) is 7.28. The van der Waals surface area contributed by atoms with Crippen LogP contribution in [-0.4, -0.2) is 12.9 Å². The number of halogens is 1. The van der Waals surface area contributed by atoms with Crippen molar-refractivity contribution >= 4 is 17.4 Å². The number of carbonyl (C=O) groups is 1. The minimum Gasteiger partial charge on any atom is -0.495 e. The van der Waals surface area contributed by atoms with Crippen LogP contribution in [0.15, 0.2) is 41.0 Å². The number of allylic oxidation sites excluding steroid dienone is 3. The lowest BCUT2D eigenvalue weighted by atomic mass is 9.77. The summed E-state index contributed by atoms with van der Waals surface area (Å²) in [7, 11) is 1.53. The molecule has 5 nitrogen and oxygen atoms in total. The van der Waals surface area contributed by atoms with Gasteiger partial charge in [-0.05, 0) is 24.1 Å². The van der Waals surface area contributed by atoms with Crippen molar-refractivity contribution < 1.29 is 14.3 Å². The Morgan fingerprint density at radius 2 is 2.22 bits per heavy atom. The first kappa shape index (κ1) is 15.4. The Hall–Kier alpha value is -2.45. The number of nitrogens with two attached hydrogens (primary N) is 1. The van der Waals surface area contributed by atoms with Crippen molar-refractivity contribution in [3.63, 3.8) is 0 Å². The van der Waals surface area contributed by atoms with Gasteiger partial charge in [-0.2, -0.15) is 5.26 Å². The summed E-state index contributed by atoms with van der Waals surface area (Å²) in [6.45, 7) is 0. The van der Waals surface area contributed by atoms with Crippen LogP contribution in [0.5, 0.6) is 5.75 Å². The predicted molar refractivity (Wildman–Crippen MR) is 84.5 cm³/mol. The van der Waals surface area contributed by atoms with Crippen LogP contribution in [-0.2, 0) is 9.53 Å². The van der Waals surface area contributed by atoms with Gasteiger partial charge in [0.1, 0.15) is 23.2 Å². The summed E-state index contributed by atoms with van der Waals surface area (Å²) in [6.07, 6.45) is 1.81. The van der Waals surface area contributed by atoms with Crippen LogP contribution >= 0.6 is 11.6 Å². The first-order valence-electron chi connectivity index (χ1n) is 7.24. The van der Waals surface area contributed by atoms with Gasteiger partial charge in [0.2, 0.25) is 5.88 Å². The van der Waals surface area contributed by atoms with Gasteiger partial charge in [0, 0.05) is 18.4 Å². The van der Waals surface area contributed by atoms with Crippen LogP contribution in [0.25, 0.3) is 0 Å². The predicted octanol–water partition coefficient (Wildman–Crippen LogP) is 3.16. The average Bonchev–Trinajstić information content (AvgIpc) is 2.53. The van der Waals surface area contributed by atoms with Gasteiger partial charge in [-0.3, -0.25) is 4.79 Å². The van der Waals surface area contributed by atoms with E-state index in [4.69, 9.17) is 26.8 Å². The molecule has 1 aliphatic heterocycles. The number of rotatable bonds is 2. The molecular weight excluding hydrogens is 316 g/mol. The number of carbonyl (C=O) groups excluding carboxylic acids is 1. The molecule has 23 heavy (non-hydrogen) atoms. The van der Waals surface area contributed by atoms with Gasteiger partial charge in [-0.25, -0.2) is 0 Å². The number of ether oxygens (including phenoxy) is 2. The summed E-state index contributed by atoms with van der Waals surface area (Å²) in [5.41, 5.74) is 7.37. The van der Waals surface area contributed by atoms with Crippen LogP contribution < -0.4 is 10.5 Å². The highest BCUT2D eigenvalue weighted by Crippen LogP contribution is 2.44. The fourth-order valence-corrected chi connectivity index (χ4v) is 3.32. The van der Waals surface area contributed by atoms with Crippen LogP contribution in [0.1, 0.15) is 30.7 Å². The first-order chi connectivity index (χ1) is 11.1. The molecule has 0 amide bonds. The molecule has 1 aromatic rings. The molecule has 0 radical (unpaired) electrons. The minimum absolute atomic E-state index is 0.0107. The number of benzene rings is 1. The molecule has 6 heteroatoms. The highest BCUT2D eigenvalue weighted by atomic mass is 35.5. The maximum absolute atomic E-state index is 12.4. The van der Waals surface area contributed by atoms with E-state index in [1.807, 2.05) is 0 Å². The van der Waals surface area contributed by atoms with E-state index in [1.165, 1.54) is 7.11 Å². The van der Waals surface area contributed by atoms with Crippen LogP contribution in [0.2, 0.25) is 5.02 Å². The zero-order valence-electron chi connectivity index (χ0n) is 12.6. The second-order valence-electron chi connectivity index (χ2n) is 5.43. The van der Waals surface area contributed by atoms with Crippen molar-refractivity contribution in [3.8, 4) is 11.8 Å². The molecule has 0 bridgehead atoms. The van der Waals surface area contributed by atoms with E-state index in [2.05, 4.69) is 6.07 Å². The molecule has 2 aliphatic rings. The molecule has 1 heterocycles. The maximum Gasteiger partial charge on any atom is 0.205 e. The van der Waals surface area contributed by atoms with Crippen molar-refractivity contribution in [1.29, 1.82) is 5.26 Å². The largest absolute Gasteiger partial charge is 0.495 e. The molecule has 3 rings (SSSR count). The highest BCUT2D eigenvalue weighted by molar-refractivity contribution is 6.32. The maximum atomic E-state index is 12.4. The third kappa shape index (κ3) is 2.55. The summed E-state index contributed by atoms with van der Waals surface area (Å²) in [5, 5.41) is 9.89. The van der Waals surface area contributed by atoms with E-state index in [0.717, 1.165) is 12.0 Å². The lowest BCUT2D eigenvalue weighted by Gasteiger charge is -2.31. The molecule has 0 aromatic heterocycles. The van der Waals surface area contributed by atoms with E-state index in [-0.39, 0.29) is 17.2 Å². The third-order valence-electron chi connectivity index (χ3n) is 4.11. The Bertz CT molecular complexity index is 790. The lowest BCUT2D eigenvalue weighted by molar-refractivity contribution is -0.116. The molecule has 1 atom stereocenters. The number of nitrogens with zero attached hydrogens (tertiary/aromatic N) is 1. The van der Waals surface area contributed by atoms with Crippen LogP contribution in [0.3, 0.4) is 0 Å². The van der Waals surface area contributed by atoms with E-state index in [9.17, 15) is 10.1 Å². The number of ketones is 1. The quantitative estimate of drug-likeness (QED) is 0.900. The van der Waals surface area contributed by atoms with Gasteiger partial charge in [0.05, 0.1) is 18.1 Å². The summed E-state index contributed by atoms with van der Waals surface area (Å²) >= 11 is 6.20. The number of methoxy groups -OCH3 is 1. The molecule has 2 N–H and O–H groups in total. The fraction of sp³-hybridized carbons (Fsp3) is 0.294. The first-order valence-corrected chi connectivity index (χ1v) is 7.62.